The van der Waals surface area contributed by atoms with Crippen molar-refractivity contribution in [2.45, 2.75) is 25.3 Å². The fourth-order valence-corrected chi connectivity index (χ4v) is 2.46. The summed E-state index contributed by atoms with van der Waals surface area (Å²) >= 11 is 0. The standard InChI is InChI=1S/C16H22N2O2/c19-13-15-10-4-5-12-18(15)16(20)17-11-6-9-14-7-2-1-3-8-14/h1-3,6-9,15,19H,4-5,10-13H2,(H,17,20). The predicted molar refractivity (Wildman–Crippen MR) is 80.3 cm³/mol. The molecule has 0 aromatic heterocycles. The van der Waals surface area contributed by atoms with E-state index < -0.39 is 0 Å². The molecule has 1 aliphatic rings. The second-order valence-electron chi connectivity index (χ2n) is 5.02. The van der Waals surface area contributed by atoms with Gasteiger partial charge in [-0.15, -0.1) is 0 Å². The summed E-state index contributed by atoms with van der Waals surface area (Å²) in [6.07, 6.45) is 6.92. The van der Waals surface area contributed by atoms with Crippen LogP contribution in [0.4, 0.5) is 4.79 Å². The number of hydrogen-bond acceptors (Lipinski definition) is 2. The summed E-state index contributed by atoms with van der Waals surface area (Å²) in [7, 11) is 0. The molecule has 108 valence electrons. The molecule has 1 aliphatic heterocycles. The fraction of sp³-hybridized carbons (Fsp3) is 0.438. The number of rotatable bonds is 4. The monoisotopic (exact) mass is 274 g/mol. The number of urea groups is 1. The lowest BCUT2D eigenvalue weighted by Gasteiger charge is -2.34. The molecule has 0 radical (unpaired) electrons. The van der Waals surface area contributed by atoms with Gasteiger partial charge in [-0.2, -0.15) is 0 Å². The first-order chi connectivity index (χ1) is 9.81. The highest BCUT2D eigenvalue weighted by atomic mass is 16.3. The Morgan fingerprint density at radius 1 is 1.35 bits per heavy atom. The molecule has 1 saturated heterocycles. The Hall–Kier alpha value is -1.81. The number of carbonyl (C=O) groups excluding carboxylic acids is 1. The van der Waals surface area contributed by atoms with E-state index in [0.29, 0.717) is 6.54 Å². The third kappa shape index (κ3) is 4.10. The van der Waals surface area contributed by atoms with Gasteiger partial charge in [0.2, 0.25) is 0 Å². The van der Waals surface area contributed by atoms with Crippen LogP contribution >= 0.6 is 0 Å². The normalized spacial score (nSPS) is 19.2. The van der Waals surface area contributed by atoms with Crippen molar-refractivity contribution in [2.75, 3.05) is 19.7 Å². The van der Waals surface area contributed by atoms with Crippen molar-refractivity contribution >= 4 is 12.1 Å². The van der Waals surface area contributed by atoms with Crippen LogP contribution in [-0.2, 0) is 0 Å². The number of piperidine rings is 1. The van der Waals surface area contributed by atoms with Crippen LogP contribution in [0.3, 0.4) is 0 Å². The molecular weight excluding hydrogens is 252 g/mol. The fourth-order valence-electron chi connectivity index (χ4n) is 2.46. The highest BCUT2D eigenvalue weighted by Crippen LogP contribution is 2.16. The quantitative estimate of drug-likeness (QED) is 0.885. The topological polar surface area (TPSA) is 52.6 Å². The third-order valence-corrected chi connectivity index (χ3v) is 3.58. The minimum Gasteiger partial charge on any atom is -0.394 e. The van der Waals surface area contributed by atoms with Crippen LogP contribution in [0, 0.1) is 0 Å². The molecule has 0 spiro atoms. The van der Waals surface area contributed by atoms with Gasteiger partial charge in [0.1, 0.15) is 0 Å². The molecule has 0 saturated carbocycles. The first-order valence-corrected chi connectivity index (χ1v) is 7.18. The molecule has 1 atom stereocenters. The second kappa shape index (κ2) is 7.70. The SMILES string of the molecule is O=C(NCC=Cc1ccccc1)N1CCCCC1CO. The maximum atomic E-state index is 12.0. The van der Waals surface area contributed by atoms with E-state index in [4.69, 9.17) is 0 Å². The van der Waals surface area contributed by atoms with E-state index in [1.54, 1.807) is 4.90 Å². The van der Waals surface area contributed by atoms with Gasteiger partial charge in [0, 0.05) is 13.1 Å². The number of likely N-dealkylation sites (tertiary alicyclic amines) is 1. The highest BCUT2D eigenvalue weighted by Gasteiger charge is 2.25. The van der Waals surface area contributed by atoms with E-state index in [0.717, 1.165) is 31.4 Å². The van der Waals surface area contributed by atoms with Gasteiger partial charge in [-0.3, -0.25) is 0 Å². The molecular formula is C16H22N2O2. The van der Waals surface area contributed by atoms with Crippen molar-refractivity contribution in [2.24, 2.45) is 0 Å². The van der Waals surface area contributed by atoms with Crippen molar-refractivity contribution in [1.82, 2.24) is 10.2 Å². The molecule has 2 N–H and O–H groups in total. The van der Waals surface area contributed by atoms with E-state index in [1.807, 2.05) is 42.5 Å². The zero-order valence-electron chi connectivity index (χ0n) is 11.7. The molecule has 1 aromatic rings. The summed E-state index contributed by atoms with van der Waals surface area (Å²) < 4.78 is 0. The Labute approximate surface area is 120 Å². The molecule has 1 aromatic carbocycles. The first-order valence-electron chi connectivity index (χ1n) is 7.18. The van der Waals surface area contributed by atoms with E-state index in [1.165, 1.54) is 0 Å². The average Bonchev–Trinajstić information content (AvgIpc) is 2.52. The summed E-state index contributed by atoms with van der Waals surface area (Å²) in [6.45, 7) is 1.29. The number of nitrogens with one attached hydrogen (secondary N) is 1. The number of amides is 2. The lowest BCUT2D eigenvalue weighted by Crippen LogP contribution is -2.50. The zero-order valence-corrected chi connectivity index (χ0v) is 11.7. The Morgan fingerprint density at radius 3 is 2.90 bits per heavy atom. The molecule has 1 unspecified atom stereocenters. The number of carbonyl (C=O) groups is 1. The van der Waals surface area contributed by atoms with Crippen molar-refractivity contribution in [3.8, 4) is 0 Å². The van der Waals surface area contributed by atoms with E-state index in [2.05, 4.69) is 5.32 Å². The molecule has 4 heteroatoms. The number of aliphatic hydroxyl groups is 1. The summed E-state index contributed by atoms with van der Waals surface area (Å²) in [5, 5.41) is 12.2. The van der Waals surface area contributed by atoms with Crippen molar-refractivity contribution in [3.05, 3.63) is 42.0 Å². The van der Waals surface area contributed by atoms with Gasteiger partial charge < -0.3 is 15.3 Å². The van der Waals surface area contributed by atoms with Gasteiger partial charge in [-0.05, 0) is 24.8 Å². The largest absolute Gasteiger partial charge is 0.394 e. The van der Waals surface area contributed by atoms with E-state index in [9.17, 15) is 9.90 Å². The van der Waals surface area contributed by atoms with Gasteiger partial charge in [0.05, 0.1) is 12.6 Å². The Balaban J connectivity index is 1.78. The number of aliphatic hydroxyl groups excluding tert-OH is 1. The zero-order chi connectivity index (χ0) is 14.2. The van der Waals surface area contributed by atoms with Crippen molar-refractivity contribution in [1.29, 1.82) is 0 Å². The van der Waals surface area contributed by atoms with Crippen LogP contribution in [-0.4, -0.2) is 41.8 Å². The van der Waals surface area contributed by atoms with Gasteiger partial charge in [0.15, 0.2) is 0 Å². The first kappa shape index (κ1) is 14.6. The molecule has 2 amide bonds. The van der Waals surface area contributed by atoms with Gasteiger partial charge >= 0.3 is 6.03 Å². The lowest BCUT2D eigenvalue weighted by molar-refractivity contribution is 0.108. The summed E-state index contributed by atoms with van der Waals surface area (Å²) in [6, 6.07) is 9.87. The maximum Gasteiger partial charge on any atom is 0.317 e. The maximum absolute atomic E-state index is 12.0. The van der Waals surface area contributed by atoms with Crippen LogP contribution in [0.2, 0.25) is 0 Å². The van der Waals surface area contributed by atoms with Crippen molar-refractivity contribution < 1.29 is 9.90 Å². The molecule has 1 fully saturated rings. The van der Waals surface area contributed by atoms with Crippen LogP contribution in [0.15, 0.2) is 36.4 Å². The minimum atomic E-state index is -0.0820. The molecule has 4 nitrogen and oxygen atoms in total. The van der Waals surface area contributed by atoms with Gasteiger partial charge in [-0.1, -0.05) is 42.5 Å². The Morgan fingerprint density at radius 2 is 2.15 bits per heavy atom. The third-order valence-electron chi connectivity index (χ3n) is 3.58. The molecule has 0 aliphatic carbocycles. The second-order valence-corrected chi connectivity index (χ2v) is 5.02. The number of nitrogens with zero attached hydrogens (tertiary/aromatic N) is 1. The molecule has 0 bridgehead atoms. The number of hydrogen-bond donors (Lipinski definition) is 2. The van der Waals surface area contributed by atoms with Gasteiger partial charge in [0.25, 0.3) is 0 Å². The predicted octanol–water partition coefficient (Wildman–Crippen LogP) is 2.26. The van der Waals surface area contributed by atoms with Crippen LogP contribution in [0.25, 0.3) is 6.08 Å². The summed E-state index contributed by atoms with van der Waals surface area (Å²) in [5.41, 5.74) is 1.12. The average molecular weight is 274 g/mol. The summed E-state index contributed by atoms with van der Waals surface area (Å²) in [4.78, 5) is 13.8. The van der Waals surface area contributed by atoms with Crippen LogP contribution < -0.4 is 5.32 Å². The Kier molecular flexibility index (Phi) is 5.62. The smallest absolute Gasteiger partial charge is 0.317 e. The van der Waals surface area contributed by atoms with Crippen molar-refractivity contribution in [3.63, 3.8) is 0 Å². The molecule has 1 heterocycles. The number of benzene rings is 1. The molecule has 2 rings (SSSR count). The van der Waals surface area contributed by atoms with Crippen LogP contribution in [0.1, 0.15) is 24.8 Å². The lowest BCUT2D eigenvalue weighted by atomic mass is 10.0. The van der Waals surface area contributed by atoms with Gasteiger partial charge in [-0.25, -0.2) is 4.79 Å². The summed E-state index contributed by atoms with van der Waals surface area (Å²) in [5.74, 6) is 0. The van der Waals surface area contributed by atoms with Crippen LogP contribution in [0.5, 0.6) is 0 Å². The molecule has 20 heavy (non-hydrogen) atoms. The van der Waals surface area contributed by atoms with E-state index >= 15 is 0 Å². The Bertz CT molecular complexity index is 445. The minimum absolute atomic E-state index is 0.0261. The van der Waals surface area contributed by atoms with E-state index in [-0.39, 0.29) is 18.7 Å². The highest BCUT2D eigenvalue weighted by molar-refractivity contribution is 5.75.